The van der Waals surface area contributed by atoms with Gasteiger partial charge in [-0.1, -0.05) is 42.5 Å². The van der Waals surface area contributed by atoms with Crippen LogP contribution in [0.2, 0.25) is 0 Å². The molecule has 2 aromatic carbocycles. The van der Waals surface area contributed by atoms with E-state index in [1.165, 1.54) is 16.3 Å². The first-order chi connectivity index (χ1) is 8.85. The van der Waals surface area contributed by atoms with Crippen molar-refractivity contribution >= 4 is 16.7 Å². The third-order valence-corrected chi connectivity index (χ3v) is 2.77. The van der Waals surface area contributed by atoms with Crippen molar-refractivity contribution in [1.29, 1.82) is 0 Å². The van der Waals surface area contributed by atoms with Crippen LogP contribution in [-0.2, 0) is 6.54 Å². The third kappa shape index (κ3) is 2.78. The van der Waals surface area contributed by atoms with E-state index >= 15 is 0 Å². The van der Waals surface area contributed by atoms with Crippen LogP contribution in [0.25, 0.3) is 10.8 Å². The summed E-state index contributed by atoms with van der Waals surface area (Å²) in [4.78, 5) is 4.42. The van der Waals surface area contributed by atoms with Gasteiger partial charge >= 0.3 is 0 Å². The predicted octanol–water partition coefficient (Wildman–Crippen LogP) is 1.77. The van der Waals surface area contributed by atoms with Crippen molar-refractivity contribution < 1.29 is 0 Å². The molecular weight excluding hydrogens is 224 g/mol. The molecule has 0 atom stereocenters. The van der Waals surface area contributed by atoms with E-state index < -0.39 is 0 Å². The lowest BCUT2D eigenvalue weighted by atomic mass is 10.1. The molecule has 0 amide bonds. The first kappa shape index (κ1) is 12.4. The van der Waals surface area contributed by atoms with Gasteiger partial charge in [-0.25, -0.2) is 10.8 Å². The number of guanidine groups is 1. The predicted molar refractivity (Wildman–Crippen MR) is 76.1 cm³/mol. The minimum Gasteiger partial charge on any atom is -0.356 e. The number of fused-ring (bicyclic) bond motifs is 1. The van der Waals surface area contributed by atoms with Gasteiger partial charge in [0.05, 0.1) is 6.54 Å². The zero-order valence-corrected chi connectivity index (χ0v) is 10.5. The maximum atomic E-state index is 5.39. The van der Waals surface area contributed by atoms with Crippen molar-refractivity contribution in [2.24, 2.45) is 10.8 Å². The molecule has 0 aliphatic carbocycles. The summed E-state index contributed by atoms with van der Waals surface area (Å²) < 4.78 is 0. The molecule has 0 aliphatic heterocycles. The Morgan fingerprint density at radius 3 is 2.72 bits per heavy atom. The lowest BCUT2D eigenvalue weighted by Gasteiger charge is -2.08. The summed E-state index contributed by atoms with van der Waals surface area (Å²) in [7, 11) is 0. The summed E-state index contributed by atoms with van der Waals surface area (Å²) in [5.74, 6) is 6.01. The largest absolute Gasteiger partial charge is 0.356 e. The quantitative estimate of drug-likeness (QED) is 0.333. The van der Waals surface area contributed by atoms with Gasteiger partial charge in [0.2, 0.25) is 5.96 Å². The summed E-state index contributed by atoms with van der Waals surface area (Å²) in [6.07, 6.45) is 0. The highest BCUT2D eigenvalue weighted by Crippen LogP contribution is 2.18. The van der Waals surface area contributed by atoms with Crippen LogP contribution in [0.3, 0.4) is 0 Å². The van der Waals surface area contributed by atoms with Gasteiger partial charge in [0, 0.05) is 6.54 Å². The smallest absolute Gasteiger partial charge is 0.206 e. The molecule has 2 rings (SSSR count). The second-order valence-corrected chi connectivity index (χ2v) is 3.98. The van der Waals surface area contributed by atoms with Gasteiger partial charge in [0.25, 0.3) is 0 Å². The minimum absolute atomic E-state index is 0.605. The molecule has 0 heterocycles. The Bertz CT molecular complexity index is 543. The van der Waals surface area contributed by atoms with E-state index in [0.29, 0.717) is 12.5 Å². The monoisotopic (exact) mass is 242 g/mol. The van der Waals surface area contributed by atoms with Crippen molar-refractivity contribution in [3.05, 3.63) is 48.0 Å². The summed E-state index contributed by atoms with van der Waals surface area (Å²) in [6, 6.07) is 14.6. The van der Waals surface area contributed by atoms with Crippen LogP contribution in [0.5, 0.6) is 0 Å². The molecular formula is C14H18N4. The summed E-state index contributed by atoms with van der Waals surface area (Å²) in [5, 5.41) is 5.53. The number of aliphatic imine (C=N–C) groups is 1. The van der Waals surface area contributed by atoms with Crippen LogP contribution in [0, 0.1) is 0 Å². The highest BCUT2D eigenvalue weighted by molar-refractivity contribution is 5.86. The van der Waals surface area contributed by atoms with E-state index in [1.54, 1.807) is 0 Å². The van der Waals surface area contributed by atoms with E-state index in [1.807, 2.05) is 19.1 Å². The Balaban J connectivity index is 2.26. The van der Waals surface area contributed by atoms with Crippen LogP contribution >= 0.6 is 0 Å². The molecule has 0 unspecified atom stereocenters. The summed E-state index contributed by atoms with van der Waals surface area (Å²) in [5.41, 5.74) is 3.75. The van der Waals surface area contributed by atoms with E-state index in [4.69, 9.17) is 5.84 Å². The molecule has 2 aromatic rings. The number of nitrogens with two attached hydrogens (primary N) is 1. The maximum absolute atomic E-state index is 5.39. The maximum Gasteiger partial charge on any atom is 0.206 e. The second kappa shape index (κ2) is 6.02. The molecule has 4 heteroatoms. The zero-order chi connectivity index (χ0) is 12.8. The van der Waals surface area contributed by atoms with Crippen molar-refractivity contribution in [1.82, 2.24) is 10.7 Å². The van der Waals surface area contributed by atoms with Crippen LogP contribution in [-0.4, -0.2) is 12.5 Å². The highest BCUT2D eigenvalue weighted by atomic mass is 15.3. The Morgan fingerprint density at radius 2 is 1.94 bits per heavy atom. The van der Waals surface area contributed by atoms with Gasteiger partial charge in [0.15, 0.2) is 0 Å². The lowest BCUT2D eigenvalue weighted by Crippen LogP contribution is -2.41. The Hall–Kier alpha value is -2.07. The third-order valence-electron chi connectivity index (χ3n) is 2.77. The fourth-order valence-corrected chi connectivity index (χ4v) is 1.91. The van der Waals surface area contributed by atoms with Gasteiger partial charge in [-0.2, -0.15) is 0 Å². The van der Waals surface area contributed by atoms with E-state index in [9.17, 15) is 0 Å². The minimum atomic E-state index is 0.605. The van der Waals surface area contributed by atoms with Crippen LogP contribution in [0.15, 0.2) is 47.5 Å². The standard InChI is InChI=1S/C14H18N4/c1-2-16-14(18-15)17-10-12-8-5-7-11-6-3-4-9-13(11)12/h3-9H,2,10,15H2,1H3,(H2,16,17,18). The number of hydrogen-bond donors (Lipinski definition) is 3. The molecule has 4 N–H and O–H groups in total. The highest BCUT2D eigenvalue weighted by Gasteiger charge is 2.00. The average Bonchev–Trinajstić information content (AvgIpc) is 2.43. The van der Waals surface area contributed by atoms with Crippen molar-refractivity contribution in [3.63, 3.8) is 0 Å². The van der Waals surface area contributed by atoms with Gasteiger partial charge < -0.3 is 5.32 Å². The van der Waals surface area contributed by atoms with E-state index in [0.717, 1.165) is 6.54 Å². The van der Waals surface area contributed by atoms with E-state index in [-0.39, 0.29) is 0 Å². The molecule has 0 bridgehead atoms. The van der Waals surface area contributed by atoms with Gasteiger partial charge in [-0.05, 0) is 23.3 Å². The van der Waals surface area contributed by atoms with Crippen LogP contribution in [0.4, 0.5) is 0 Å². The van der Waals surface area contributed by atoms with Crippen molar-refractivity contribution in [2.75, 3.05) is 6.54 Å². The van der Waals surface area contributed by atoms with Crippen LogP contribution < -0.4 is 16.6 Å². The molecule has 0 aliphatic rings. The fourth-order valence-electron chi connectivity index (χ4n) is 1.91. The molecule has 94 valence electrons. The Kier molecular flexibility index (Phi) is 4.15. The summed E-state index contributed by atoms with van der Waals surface area (Å²) >= 11 is 0. The van der Waals surface area contributed by atoms with Crippen molar-refractivity contribution in [3.8, 4) is 0 Å². The number of rotatable bonds is 3. The SMILES string of the molecule is CCNC(=NCc1cccc2ccccc12)NN. The van der Waals surface area contributed by atoms with Crippen LogP contribution in [0.1, 0.15) is 12.5 Å². The van der Waals surface area contributed by atoms with E-state index in [2.05, 4.69) is 46.1 Å². The second-order valence-electron chi connectivity index (χ2n) is 3.98. The Morgan fingerprint density at radius 1 is 1.17 bits per heavy atom. The topological polar surface area (TPSA) is 62.4 Å². The number of hydrazine groups is 1. The molecule has 0 radical (unpaired) electrons. The summed E-state index contributed by atoms with van der Waals surface area (Å²) in [6.45, 7) is 3.40. The average molecular weight is 242 g/mol. The molecule has 0 fully saturated rings. The molecule has 0 saturated heterocycles. The lowest BCUT2D eigenvalue weighted by molar-refractivity contribution is 0.853. The first-order valence-electron chi connectivity index (χ1n) is 6.06. The fraction of sp³-hybridized carbons (Fsp3) is 0.214. The van der Waals surface area contributed by atoms with Gasteiger partial charge in [-0.3, -0.25) is 5.43 Å². The molecule has 18 heavy (non-hydrogen) atoms. The number of nitrogens with one attached hydrogen (secondary N) is 2. The number of hydrogen-bond acceptors (Lipinski definition) is 2. The van der Waals surface area contributed by atoms with Gasteiger partial charge in [0.1, 0.15) is 0 Å². The number of nitrogens with zero attached hydrogens (tertiary/aromatic N) is 1. The molecule has 4 nitrogen and oxygen atoms in total. The van der Waals surface area contributed by atoms with Crippen molar-refractivity contribution in [2.45, 2.75) is 13.5 Å². The molecule has 0 saturated carbocycles. The van der Waals surface area contributed by atoms with Gasteiger partial charge in [-0.15, -0.1) is 0 Å². The Labute approximate surface area is 107 Å². The molecule has 0 aromatic heterocycles. The zero-order valence-electron chi connectivity index (χ0n) is 10.5. The normalized spacial score (nSPS) is 11.6. The molecule has 0 spiro atoms. The first-order valence-corrected chi connectivity index (χ1v) is 6.06. The number of benzene rings is 2.